The molecule has 1 atom stereocenters. The summed E-state index contributed by atoms with van der Waals surface area (Å²) < 4.78 is 1.00. The van der Waals surface area contributed by atoms with Crippen molar-refractivity contribution in [2.45, 2.75) is 44.3 Å². The van der Waals surface area contributed by atoms with E-state index in [1.807, 2.05) is 18.8 Å². The summed E-state index contributed by atoms with van der Waals surface area (Å²) >= 11 is 5.60. The first kappa shape index (κ1) is 14.1. The Bertz CT molecular complexity index is 417. The lowest BCUT2D eigenvalue weighted by molar-refractivity contribution is 0.653. The smallest absolute Gasteiger partial charge is 0.144 e. The lowest BCUT2D eigenvalue weighted by Gasteiger charge is -2.22. The first-order valence-electron chi connectivity index (χ1n) is 6.50. The van der Waals surface area contributed by atoms with Gasteiger partial charge in [0.25, 0.3) is 0 Å². The standard InChI is InChI=1S/C13H20BrN3S/c1-8(2)11-10(14)13(15-3)17-12(16-11)9-6-4-5-7-18-9/h8-9H,4-7H2,1-3H3,(H,15,16,17). The molecule has 1 aliphatic heterocycles. The monoisotopic (exact) mass is 329 g/mol. The van der Waals surface area contributed by atoms with Crippen LogP contribution in [-0.2, 0) is 0 Å². The Morgan fingerprint density at radius 3 is 2.67 bits per heavy atom. The van der Waals surface area contributed by atoms with Crippen LogP contribution in [0.2, 0.25) is 0 Å². The van der Waals surface area contributed by atoms with Gasteiger partial charge < -0.3 is 5.32 Å². The molecule has 2 heterocycles. The number of hydrogen-bond donors (Lipinski definition) is 1. The Morgan fingerprint density at radius 2 is 2.11 bits per heavy atom. The van der Waals surface area contributed by atoms with Gasteiger partial charge in [0.2, 0.25) is 0 Å². The highest BCUT2D eigenvalue weighted by Gasteiger charge is 2.22. The van der Waals surface area contributed by atoms with Crippen LogP contribution in [0, 0.1) is 0 Å². The number of nitrogens with zero attached hydrogens (tertiary/aromatic N) is 2. The number of thioether (sulfide) groups is 1. The minimum atomic E-state index is 0.404. The van der Waals surface area contributed by atoms with E-state index in [1.165, 1.54) is 25.0 Å². The van der Waals surface area contributed by atoms with Gasteiger partial charge in [0.1, 0.15) is 11.6 Å². The third-order valence-electron chi connectivity index (χ3n) is 3.15. The molecule has 0 amide bonds. The second-order valence-electron chi connectivity index (χ2n) is 4.89. The van der Waals surface area contributed by atoms with Gasteiger partial charge in [-0.25, -0.2) is 9.97 Å². The maximum atomic E-state index is 4.79. The molecule has 0 aliphatic carbocycles. The first-order valence-corrected chi connectivity index (χ1v) is 8.34. The quantitative estimate of drug-likeness (QED) is 0.893. The van der Waals surface area contributed by atoms with Crippen molar-refractivity contribution in [3.63, 3.8) is 0 Å². The highest BCUT2D eigenvalue weighted by atomic mass is 79.9. The molecule has 2 rings (SSSR count). The molecule has 1 unspecified atom stereocenters. The molecular weight excluding hydrogens is 310 g/mol. The van der Waals surface area contributed by atoms with Crippen LogP contribution >= 0.6 is 27.7 Å². The number of aromatic nitrogens is 2. The molecule has 18 heavy (non-hydrogen) atoms. The second kappa shape index (κ2) is 6.24. The number of rotatable bonds is 3. The molecule has 0 saturated carbocycles. The zero-order chi connectivity index (χ0) is 13.1. The van der Waals surface area contributed by atoms with E-state index < -0.39 is 0 Å². The molecule has 1 N–H and O–H groups in total. The van der Waals surface area contributed by atoms with Crippen molar-refractivity contribution >= 4 is 33.5 Å². The van der Waals surface area contributed by atoms with E-state index in [9.17, 15) is 0 Å². The summed E-state index contributed by atoms with van der Waals surface area (Å²) in [5, 5.41) is 3.63. The summed E-state index contributed by atoms with van der Waals surface area (Å²) in [5.74, 6) is 3.54. The van der Waals surface area contributed by atoms with Crippen molar-refractivity contribution < 1.29 is 0 Å². The summed E-state index contributed by atoms with van der Waals surface area (Å²) in [6, 6.07) is 0. The van der Waals surface area contributed by atoms with Crippen LogP contribution in [0.15, 0.2) is 4.47 Å². The van der Waals surface area contributed by atoms with Crippen LogP contribution < -0.4 is 5.32 Å². The lowest BCUT2D eigenvalue weighted by Crippen LogP contribution is -2.11. The Hall–Kier alpha value is -0.290. The second-order valence-corrected chi connectivity index (χ2v) is 6.99. The SMILES string of the molecule is CNc1nc(C2CCCCS2)nc(C(C)C)c1Br. The molecule has 1 aromatic heterocycles. The van der Waals surface area contributed by atoms with Crippen LogP contribution in [0.25, 0.3) is 0 Å². The third-order valence-corrected chi connectivity index (χ3v) is 5.30. The first-order chi connectivity index (χ1) is 8.63. The number of nitrogens with one attached hydrogen (secondary N) is 1. The predicted octanol–water partition coefficient (Wildman–Crippen LogP) is 4.36. The minimum Gasteiger partial charge on any atom is -0.372 e. The van der Waals surface area contributed by atoms with Gasteiger partial charge in [-0.2, -0.15) is 11.8 Å². The average Bonchev–Trinajstić information content (AvgIpc) is 2.39. The summed E-state index contributed by atoms with van der Waals surface area (Å²) in [5.41, 5.74) is 1.11. The van der Waals surface area contributed by atoms with E-state index in [1.54, 1.807) is 0 Å². The van der Waals surface area contributed by atoms with E-state index in [0.717, 1.165) is 21.8 Å². The summed E-state index contributed by atoms with van der Waals surface area (Å²) in [6.45, 7) is 4.34. The highest BCUT2D eigenvalue weighted by Crippen LogP contribution is 2.39. The molecule has 5 heteroatoms. The molecule has 1 aromatic rings. The minimum absolute atomic E-state index is 0.404. The summed E-state index contributed by atoms with van der Waals surface area (Å²) in [7, 11) is 1.91. The fourth-order valence-electron chi connectivity index (χ4n) is 2.12. The van der Waals surface area contributed by atoms with Gasteiger partial charge in [0.15, 0.2) is 0 Å². The van der Waals surface area contributed by atoms with Crippen molar-refractivity contribution in [3.8, 4) is 0 Å². The van der Waals surface area contributed by atoms with Crippen molar-refractivity contribution in [1.29, 1.82) is 0 Å². The van der Waals surface area contributed by atoms with Crippen molar-refractivity contribution in [3.05, 3.63) is 16.0 Å². The zero-order valence-corrected chi connectivity index (χ0v) is 13.6. The molecule has 0 aromatic carbocycles. The van der Waals surface area contributed by atoms with Crippen LogP contribution in [-0.4, -0.2) is 22.8 Å². The maximum absolute atomic E-state index is 4.79. The van der Waals surface area contributed by atoms with Gasteiger partial charge in [-0.1, -0.05) is 20.3 Å². The molecule has 1 saturated heterocycles. The van der Waals surface area contributed by atoms with Gasteiger partial charge in [-0.3, -0.25) is 0 Å². The molecule has 1 fully saturated rings. The third kappa shape index (κ3) is 2.99. The zero-order valence-electron chi connectivity index (χ0n) is 11.2. The maximum Gasteiger partial charge on any atom is 0.144 e. The van der Waals surface area contributed by atoms with Crippen molar-refractivity contribution in [2.75, 3.05) is 18.1 Å². The fourth-order valence-corrected chi connectivity index (χ4v) is 4.20. The van der Waals surface area contributed by atoms with E-state index in [4.69, 9.17) is 4.98 Å². The Morgan fingerprint density at radius 1 is 1.33 bits per heavy atom. The predicted molar refractivity (Wildman–Crippen MR) is 82.4 cm³/mol. The van der Waals surface area contributed by atoms with Gasteiger partial charge in [0.05, 0.1) is 15.4 Å². The summed E-state index contributed by atoms with van der Waals surface area (Å²) in [6.07, 6.45) is 3.82. The fraction of sp³-hybridized carbons (Fsp3) is 0.692. The Kier molecular flexibility index (Phi) is 4.90. The van der Waals surface area contributed by atoms with Gasteiger partial charge in [0, 0.05) is 7.05 Å². The topological polar surface area (TPSA) is 37.8 Å². The summed E-state index contributed by atoms with van der Waals surface area (Å²) in [4.78, 5) is 9.45. The molecule has 1 aliphatic rings. The number of halogens is 1. The molecule has 0 radical (unpaired) electrons. The van der Waals surface area contributed by atoms with Crippen LogP contribution in [0.3, 0.4) is 0 Å². The van der Waals surface area contributed by atoms with Crippen LogP contribution in [0.1, 0.15) is 55.8 Å². The van der Waals surface area contributed by atoms with E-state index in [-0.39, 0.29) is 0 Å². The molecule has 0 bridgehead atoms. The Balaban J connectivity index is 2.37. The van der Waals surface area contributed by atoms with E-state index >= 15 is 0 Å². The Labute approximate surface area is 122 Å². The van der Waals surface area contributed by atoms with Crippen molar-refractivity contribution in [2.24, 2.45) is 0 Å². The van der Waals surface area contributed by atoms with Crippen LogP contribution in [0.5, 0.6) is 0 Å². The van der Waals surface area contributed by atoms with Gasteiger partial charge in [-0.15, -0.1) is 0 Å². The van der Waals surface area contributed by atoms with E-state index in [2.05, 4.69) is 40.1 Å². The van der Waals surface area contributed by atoms with Crippen LogP contribution in [0.4, 0.5) is 5.82 Å². The lowest BCUT2D eigenvalue weighted by atomic mass is 10.1. The molecule has 0 spiro atoms. The largest absolute Gasteiger partial charge is 0.372 e. The van der Waals surface area contributed by atoms with E-state index in [0.29, 0.717) is 11.2 Å². The van der Waals surface area contributed by atoms with Crippen molar-refractivity contribution in [1.82, 2.24) is 9.97 Å². The highest BCUT2D eigenvalue weighted by molar-refractivity contribution is 9.10. The molecule has 3 nitrogen and oxygen atoms in total. The number of anilines is 1. The van der Waals surface area contributed by atoms with Gasteiger partial charge >= 0.3 is 0 Å². The number of hydrogen-bond acceptors (Lipinski definition) is 4. The van der Waals surface area contributed by atoms with Gasteiger partial charge in [-0.05, 0) is 40.4 Å². The average molecular weight is 330 g/mol. The molecular formula is C13H20BrN3S. The molecule has 100 valence electrons. The normalized spacial score (nSPS) is 20.2.